The van der Waals surface area contributed by atoms with Crippen LogP contribution in [-0.4, -0.2) is 44.5 Å². The molecule has 1 amide bonds. The molecule has 1 aliphatic heterocycles. The van der Waals surface area contributed by atoms with Gasteiger partial charge in [0.1, 0.15) is 0 Å². The summed E-state index contributed by atoms with van der Waals surface area (Å²) in [6.07, 6.45) is 2.04. The van der Waals surface area contributed by atoms with Crippen LogP contribution in [0.15, 0.2) is 18.2 Å². The zero-order chi connectivity index (χ0) is 18.2. The first-order valence-corrected chi connectivity index (χ1v) is 8.83. The summed E-state index contributed by atoms with van der Waals surface area (Å²) in [6, 6.07) is 5.37. The summed E-state index contributed by atoms with van der Waals surface area (Å²) < 4.78 is 11.0. The van der Waals surface area contributed by atoms with Crippen molar-refractivity contribution in [3.05, 3.63) is 23.8 Å². The maximum Gasteiger partial charge on any atom is 0.220 e. The highest BCUT2D eigenvalue weighted by atomic mass is 35.5. The highest BCUT2D eigenvalue weighted by Crippen LogP contribution is 2.28. The second-order valence-electron chi connectivity index (χ2n) is 6.52. The predicted molar refractivity (Wildman–Crippen MR) is 104 cm³/mol. The van der Waals surface area contributed by atoms with E-state index in [1.807, 2.05) is 0 Å². The van der Waals surface area contributed by atoms with Crippen molar-refractivity contribution >= 4 is 24.1 Å². The molecular formula is C19H29ClN2O4. The third-order valence-corrected chi connectivity index (χ3v) is 4.51. The SMILES string of the molecule is COc1cc(C(C)=O)ccc1OCCCC(=O)NC1CCNCC1C.Cl. The van der Waals surface area contributed by atoms with Crippen molar-refractivity contribution in [3.63, 3.8) is 0 Å². The van der Waals surface area contributed by atoms with Crippen molar-refractivity contribution in [2.45, 2.75) is 39.2 Å². The number of ether oxygens (including phenoxy) is 2. The zero-order valence-electron chi connectivity index (χ0n) is 15.7. The molecule has 1 saturated heterocycles. The lowest BCUT2D eigenvalue weighted by atomic mass is 9.95. The number of methoxy groups -OCH3 is 1. The molecule has 1 aromatic carbocycles. The first kappa shape index (κ1) is 22.3. The van der Waals surface area contributed by atoms with E-state index in [1.165, 1.54) is 6.92 Å². The molecule has 0 radical (unpaired) electrons. The molecule has 0 saturated carbocycles. The Morgan fingerprint density at radius 3 is 2.73 bits per heavy atom. The number of carbonyl (C=O) groups is 2. The maximum atomic E-state index is 12.1. The van der Waals surface area contributed by atoms with Gasteiger partial charge in [-0.25, -0.2) is 0 Å². The van der Waals surface area contributed by atoms with Gasteiger partial charge in [0.05, 0.1) is 13.7 Å². The van der Waals surface area contributed by atoms with E-state index in [0.717, 1.165) is 19.5 Å². The van der Waals surface area contributed by atoms with Crippen molar-refractivity contribution in [3.8, 4) is 11.5 Å². The Balaban J connectivity index is 0.00000338. The number of nitrogens with one attached hydrogen (secondary N) is 2. The highest BCUT2D eigenvalue weighted by Gasteiger charge is 2.22. The average Bonchev–Trinajstić information content (AvgIpc) is 2.60. The summed E-state index contributed by atoms with van der Waals surface area (Å²) in [5, 5.41) is 6.44. The second-order valence-corrected chi connectivity index (χ2v) is 6.52. The molecule has 1 fully saturated rings. The Labute approximate surface area is 161 Å². The summed E-state index contributed by atoms with van der Waals surface area (Å²) in [4.78, 5) is 23.5. The van der Waals surface area contributed by atoms with Crippen LogP contribution in [0.25, 0.3) is 0 Å². The summed E-state index contributed by atoms with van der Waals surface area (Å²) in [6.45, 7) is 5.98. The van der Waals surface area contributed by atoms with E-state index < -0.39 is 0 Å². The number of hydrogen-bond acceptors (Lipinski definition) is 5. The number of hydrogen-bond donors (Lipinski definition) is 2. The number of amides is 1. The number of rotatable bonds is 8. The lowest BCUT2D eigenvalue weighted by Gasteiger charge is -2.30. The van der Waals surface area contributed by atoms with Gasteiger partial charge in [-0.15, -0.1) is 12.4 Å². The number of benzene rings is 1. The van der Waals surface area contributed by atoms with Crippen LogP contribution < -0.4 is 20.1 Å². The van der Waals surface area contributed by atoms with E-state index in [2.05, 4.69) is 17.6 Å². The molecule has 0 aliphatic carbocycles. The van der Waals surface area contributed by atoms with Crippen molar-refractivity contribution < 1.29 is 19.1 Å². The Morgan fingerprint density at radius 1 is 1.31 bits per heavy atom. The minimum absolute atomic E-state index is 0. The van der Waals surface area contributed by atoms with Crippen LogP contribution >= 0.6 is 12.4 Å². The number of carbonyl (C=O) groups excluding carboxylic acids is 2. The van der Waals surface area contributed by atoms with Crippen LogP contribution in [-0.2, 0) is 4.79 Å². The molecule has 0 bridgehead atoms. The number of ketones is 1. The average molecular weight is 385 g/mol. The molecule has 1 heterocycles. The van der Waals surface area contributed by atoms with E-state index in [4.69, 9.17) is 9.47 Å². The molecule has 7 heteroatoms. The summed E-state index contributed by atoms with van der Waals surface area (Å²) in [5.74, 6) is 1.62. The van der Waals surface area contributed by atoms with Crippen LogP contribution in [0.3, 0.4) is 0 Å². The first-order valence-electron chi connectivity index (χ1n) is 8.83. The number of Topliss-reactive ketones (excluding diaryl/α,β-unsaturated/α-hetero) is 1. The van der Waals surface area contributed by atoms with Gasteiger partial charge < -0.3 is 20.1 Å². The molecule has 146 valence electrons. The fourth-order valence-corrected chi connectivity index (χ4v) is 2.93. The smallest absolute Gasteiger partial charge is 0.220 e. The molecule has 0 spiro atoms. The largest absolute Gasteiger partial charge is 0.493 e. The van der Waals surface area contributed by atoms with Crippen molar-refractivity contribution in [2.75, 3.05) is 26.8 Å². The summed E-state index contributed by atoms with van der Waals surface area (Å²) >= 11 is 0. The molecule has 2 atom stereocenters. The quantitative estimate of drug-likeness (QED) is 0.532. The van der Waals surface area contributed by atoms with Crippen LogP contribution in [0.2, 0.25) is 0 Å². The monoisotopic (exact) mass is 384 g/mol. The summed E-state index contributed by atoms with van der Waals surface area (Å²) in [7, 11) is 1.54. The van der Waals surface area contributed by atoms with E-state index in [1.54, 1.807) is 25.3 Å². The Hall–Kier alpha value is -1.79. The van der Waals surface area contributed by atoms with Gasteiger partial charge in [0, 0.05) is 18.0 Å². The molecule has 1 aliphatic rings. The second kappa shape index (κ2) is 11.0. The van der Waals surface area contributed by atoms with Crippen LogP contribution in [0.1, 0.15) is 43.5 Å². The molecule has 0 aromatic heterocycles. The topological polar surface area (TPSA) is 76.7 Å². The van der Waals surface area contributed by atoms with Gasteiger partial charge in [-0.1, -0.05) is 6.92 Å². The standard InChI is InChI=1S/C19H28N2O4.ClH/c1-13-12-20-9-8-16(13)21-19(23)5-4-10-25-17-7-6-15(14(2)22)11-18(17)24-3;/h6-7,11,13,16,20H,4-5,8-10,12H2,1-3H3,(H,21,23);1H. The van der Waals surface area contributed by atoms with Crippen molar-refractivity contribution in [2.24, 2.45) is 5.92 Å². The number of halogens is 1. The van der Waals surface area contributed by atoms with E-state index >= 15 is 0 Å². The van der Waals surface area contributed by atoms with Gasteiger partial charge >= 0.3 is 0 Å². The fourth-order valence-electron chi connectivity index (χ4n) is 2.93. The fraction of sp³-hybridized carbons (Fsp3) is 0.579. The van der Waals surface area contributed by atoms with E-state index in [9.17, 15) is 9.59 Å². The van der Waals surface area contributed by atoms with Gasteiger partial charge in [0.25, 0.3) is 0 Å². The van der Waals surface area contributed by atoms with Crippen LogP contribution in [0, 0.1) is 5.92 Å². The Morgan fingerprint density at radius 2 is 2.08 bits per heavy atom. The lowest BCUT2D eigenvalue weighted by Crippen LogP contribution is -2.48. The minimum atomic E-state index is -0.0198. The third-order valence-electron chi connectivity index (χ3n) is 4.51. The van der Waals surface area contributed by atoms with Gasteiger partial charge in [0.2, 0.25) is 5.91 Å². The molecule has 6 nitrogen and oxygen atoms in total. The normalized spacial score (nSPS) is 19.2. The van der Waals surface area contributed by atoms with Crippen LogP contribution in [0.4, 0.5) is 0 Å². The van der Waals surface area contributed by atoms with Crippen molar-refractivity contribution in [1.29, 1.82) is 0 Å². The number of piperidine rings is 1. The Kier molecular flexibility index (Phi) is 9.44. The van der Waals surface area contributed by atoms with Gasteiger partial charge in [-0.05, 0) is 57.0 Å². The molecule has 1 aromatic rings. The zero-order valence-corrected chi connectivity index (χ0v) is 16.5. The van der Waals surface area contributed by atoms with Gasteiger partial charge in [-0.3, -0.25) is 9.59 Å². The molecule has 2 unspecified atom stereocenters. The van der Waals surface area contributed by atoms with Gasteiger partial charge in [0.15, 0.2) is 17.3 Å². The molecule has 2 N–H and O–H groups in total. The van der Waals surface area contributed by atoms with Crippen molar-refractivity contribution in [1.82, 2.24) is 10.6 Å². The predicted octanol–water partition coefficient (Wildman–Crippen LogP) is 2.59. The van der Waals surface area contributed by atoms with Crippen LogP contribution in [0.5, 0.6) is 11.5 Å². The Bertz CT molecular complexity index is 609. The summed E-state index contributed by atoms with van der Waals surface area (Å²) in [5.41, 5.74) is 0.583. The molecule has 2 rings (SSSR count). The molecule has 26 heavy (non-hydrogen) atoms. The highest BCUT2D eigenvalue weighted by molar-refractivity contribution is 5.94. The minimum Gasteiger partial charge on any atom is -0.493 e. The molecular weight excluding hydrogens is 356 g/mol. The van der Waals surface area contributed by atoms with E-state index in [-0.39, 0.29) is 30.1 Å². The lowest BCUT2D eigenvalue weighted by molar-refractivity contribution is -0.122. The third kappa shape index (κ3) is 6.50. The maximum absolute atomic E-state index is 12.1. The first-order chi connectivity index (χ1) is 12.0. The van der Waals surface area contributed by atoms with Gasteiger partial charge in [-0.2, -0.15) is 0 Å². The van der Waals surface area contributed by atoms with E-state index in [0.29, 0.717) is 42.4 Å².